The van der Waals surface area contributed by atoms with Gasteiger partial charge in [-0.3, -0.25) is 4.90 Å². The van der Waals surface area contributed by atoms with Gasteiger partial charge in [0.15, 0.2) is 0 Å². The van der Waals surface area contributed by atoms with Crippen molar-refractivity contribution in [2.45, 2.75) is 32.2 Å². The fourth-order valence-corrected chi connectivity index (χ4v) is 2.53. The third-order valence-corrected chi connectivity index (χ3v) is 3.51. The lowest BCUT2D eigenvalue weighted by atomic mass is 10.1. The number of rotatable bonds is 5. The van der Waals surface area contributed by atoms with Crippen LogP contribution in [0.2, 0.25) is 0 Å². The Bertz CT molecular complexity index is 329. The van der Waals surface area contributed by atoms with E-state index in [-0.39, 0.29) is 0 Å². The molecule has 0 saturated carbocycles. The molecule has 0 unspecified atom stereocenters. The van der Waals surface area contributed by atoms with Gasteiger partial charge in [0.1, 0.15) is 0 Å². The van der Waals surface area contributed by atoms with Crippen LogP contribution in [-0.2, 0) is 13.0 Å². The molecule has 0 spiro atoms. The van der Waals surface area contributed by atoms with Crippen molar-refractivity contribution in [3.63, 3.8) is 0 Å². The average Bonchev–Trinajstić information content (AvgIpc) is 2.38. The van der Waals surface area contributed by atoms with E-state index in [1.165, 1.54) is 43.5 Å². The van der Waals surface area contributed by atoms with Crippen molar-refractivity contribution in [3.05, 3.63) is 35.4 Å². The van der Waals surface area contributed by atoms with Crippen molar-refractivity contribution in [2.24, 2.45) is 0 Å². The van der Waals surface area contributed by atoms with E-state index in [9.17, 15) is 0 Å². The van der Waals surface area contributed by atoms with Crippen LogP contribution in [0.3, 0.4) is 0 Å². The zero-order valence-electron chi connectivity index (χ0n) is 10.9. The van der Waals surface area contributed by atoms with Crippen LogP contribution >= 0.6 is 0 Å². The predicted molar refractivity (Wildman–Crippen MR) is 73.2 cm³/mol. The van der Waals surface area contributed by atoms with E-state index in [1.54, 1.807) is 0 Å². The summed E-state index contributed by atoms with van der Waals surface area (Å²) in [6.45, 7) is 4.75. The SMILES string of the molecule is CNCCc1cccc(CN2CCCCC2)c1. The molecule has 2 heteroatoms. The highest BCUT2D eigenvalue weighted by Gasteiger charge is 2.10. The van der Waals surface area contributed by atoms with Crippen molar-refractivity contribution >= 4 is 0 Å². The molecule has 1 heterocycles. The second-order valence-corrected chi connectivity index (χ2v) is 5.01. The number of hydrogen-bond acceptors (Lipinski definition) is 2. The first-order valence-corrected chi connectivity index (χ1v) is 6.83. The molecular formula is C15H24N2. The van der Waals surface area contributed by atoms with Crippen molar-refractivity contribution in [3.8, 4) is 0 Å². The summed E-state index contributed by atoms with van der Waals surface area (Å²) in [7, 11) is 2.01. The number of nitrogens with one attached hydrogen (secondary N) is 1. The van der Waals surface area contributed by atoms with Gasteiger partial charge in [0.05, 0.1) is 0 Å². The van der Waals surface area contributed by atoms with Crippen LogP contribution in [0.1, 0.15) is 30.4 Å². The minimum absolute atomic E-state index is 1.06. The summed E-state index contributed by atoms with van der Waals surface area (Å²) < 4.78 is 0. The number of nitrogens with zero attached hydrogens (tertiary/aromatic N) is 1. The summed E-state index contributed by atoms with van der Waals surface area (Å²) in [6.07, 6.45) is 5.29. The zero-order valence-corrected chi connectivity index (χ0v) is 10.9. The molecule has 2 rings (SSSR count). The van der Waals surface area contributed by atoms with Gasteiger partial charge in [-0.2, -0.15) is 0 Å². The smallest absolute Gasteiger partial charge is 0.0233 e. The number of hydrogen-bond donors (Lipinski definition) is 1. The molecule has 1 aromatic rings. The summed E-state index contributed by atoms with van der Waals surface area (Å²) in [5.74, 6) is 0. The summed E-state index contributed by atoms with van der Waals surface area (Å²) in [5, 5.41) is 3.21. The third-order valence-electron chi connectivity index (χ3n) is 3.51. The van der Waals surface area contributed by atoms with E-state index in [1.807, 2.05) is 7.05 Å². The molecule has 1 fully saturated rings. The second kappa shape index (κ2) is 6.77. The lowest BCUT2D eigenvalue weighted by Gasteiger charge is -2.26. The van der Waals surface area contributed by atoms with E-state index in [4.69, 9.17) is 0 Å². The fourth-order valence-electron chi connectivity index (χ4n) is 2.53. The van der Waals surface area contributed by atoms with Crippen LogP contribution in [0.25, 0.3) is 0 Å². The van der Waals surface area contributed by atoms with E-state index >= 15 is 0 Å². The molecule has 0 radical (unpaired) electrons. The number of piperidine rings is 1. The molecule has 2 nitrogen and oxygen atoms in total. The van der Waals surface area contributed by atoms with Gasteiger partial charge >= 0.3 is 0 Å². The lowest BCUT2D eigenvalue weighted by molar-refractivity contribution is 0.221. The Morgan fingerprint density at radius 3 is 2.65 bits per heavy atom. The largest absolute Gasteiger partial charge is 0.319 e. The molecule has 0 amide bonds. The van der Waals surface area contributed by atoms with E-state index in [0.29, 0.717) is 0 Å². The number of likely N-dealkylation sites (tertiary alicyclic amines) is 1. The van der Waals surface area contributed by atoms with Gasteiger partial charge in [-0.05, 0) is 57.1 Å². The van der Waals surface area contributed by atoms with Crippen LogP contribution in [0.15, 0.2) is 24.3 Å². The molecule has 1 aliphatic rings. The van der Waals surface area contributed by atoms with Gasteiger partial charge in [0.25, 0.3) is 0 Å². The molecule has 94 valence electrons. The maximum atomic E-state index is 3.21. The Balaban J connectivity index is 1.90. The quantitative estimate of drug-likeness (QED) is 0.839. The molecule has 0 aromatic heterocycles. The van der Waals surface area contributed by atoms with Gasteiger partial charge < -0.3 is 5.32 Å². The first kappa shape index (κ1) is 12.6. The highest BCUT2D eigenvalue weighted by molar-refractivity contribution is 5.23. The first-order chi connectivity index (χ1) is 8.38. The second-order valence-electron chi connectivity index (χ2n) is 5.01. The highest BCUT2D eigenvalue weighted by atomic mass is 15.1. The van der Waals surface area contributed by atoms with Crippen molar-refractivity contribution in [1.29, 1.82) is 0 Å². The van der Waals surface area contributed by atoms with Crippen molar-refractivity contribution < 1.29 is 0 Å². The number of likely N-dealkylation sites (N-methyl/N-ethyl adjacent to an activating group) is 1. The molecule has 0 atom stereocenters. The molecule has 1 aliphatic heterocycles. The maximum Gasteiger partial charge on any atom is 0.0233 e. The Morgan fingerprint density at radius 2 is 1.88 bits per heavy atom. The summed E-state index contributed by atoms with van der Waals surface area (Å²) in [6, 6.07) is 9.06. The predicted octanol–water partition coefficient (Wildman–Crippen LogP) is 2.43. The Labute approximate surface area is 105 Å². The maximum absolute atomic E-state index is 3.21. The minimum atomic E-state index is 1.06. The molecule has 17 heavy (non-hydrogen) atoms. The summed E-state index contributed by atoms with van der Waals surface area (Å²) in [4.78, 5) is 2.58. The molecule has 1 saturated heterocycles. The van der Waals surface area contributed by atoms with Gasteiger partial charge in [-0.1, -0.05) is 30.7 Å². The van der Waals surface area contributed by atoms with Crippen molar-refractivity contribution in [2.75, 3.05) is 26.7 Å². The van der Waals surface area contributed by atoms with Crippen molar-refractivity contribution in [1.82, 2.24) is 10.2 Å². The summed E-state index contributed by atoms with van der Waals surface area (Å²) >= 11 is 0. The van der Waals surface area contributed by atoms with E-state index in [2.05, 4.69) is 34.5 Å². The minimum Gasteiger partial charge on any atom is -0.319 e. The van der Waals surface area contributed by atoms with Crippen LogP contribution in [0, 0.1) is 0 Å². The van der Waals surface area contributed by atoms with Gasteiger partial charge in [0.2, 0.25) is 0 Å². The molecule has 0 aliphatic carbocycles. The van der Waals surface area contributed by atoms with Crippen LogP contribution in [0.4, 0.5) is 0 Å². The zero-order chi connectivity index (χ0) is 11.9. The Hall–Kier alpha value is -0.860. The van der Waals surface area contributed by atoms with Gasteiger partial charge in [-0.25, -0.2) is 0 Å². The van der Waals surface area contributed by atoms with E-state index in [0.717, 1.165) is 19.5 Å². The molecule has 0 bridgehead atoms. The standard InChI is InChI=1S/C15H24N2/c1-16-9-8-14-6-5-7-15(12-14)13-17-10-3-2-4-11-17/h5-7,12,16H,2-4,8-11,13H2,1H3. The Morgan fingerprint density at radius 1 is 1.12 bits per heavy atom. The topological polar surface area (TPSA) is 15.3 Å². The summed E-state index contributed by atoms with van der Waals surface area (Å²) in [5.41, 5.74) is 2.93. The van der Waals surface area contributed by atoms with Crippen LogP contribution < -0.4 is 5.32 Å². The first-order valence-electron chi connectivity index (χ1n) is 6.83. The van der Waals surface area contributed by atoms with Gasteiger partial charge in [-0.15, -0.1) is 0 Å². The lowest BCUT2D eigenvalue weighted by Crippen LogP contribution is -2.29. The molecule has 1 aromatic carbocycles. The fraction of sp³-hybridized carbons (Fsp3) is 0.600. The Kier molecular flexibility index (Phi) is 5.02. The molecular weight excluding hydrogens is 208 g/mol. The average molecular weight is 232 g/mol. The third kappa shape index (κ3) is 4.14. The highest BCUT2D eigenvalue weighted by Crippen LogP contribution is 2.14. The molecule has 1 N–H and O–H groups in total. The monoisotopic (exact) mass is 232 g/mol. The van der Waals surface area contributed by atoms with Crippen LogP contribution in [-0.4, -0.2) is 31.6 Å². The van der Waals surface area contributed by atoms with Gasteiger partial charge in [0, 0.05) is 6.54 Å². The van der Waals surface area contributed by atoms with E-state index < -0.39 is 0 Å². The normalized spacial score (nSPS) is 17.2. The number of benzene rings is 1. The van der Waals surface area contributed by atoms with Crippen LogP contribution in [0.5, 0.6) is 0 Å².